The van der Waals surface area contributed by atoms with Gasteiger partial charge in [-0.3, -0.25) is 0 Å². The van der Waals surface area contributed by atoms with Crippen LogP contribution >= 0.6 is 0 Å². The third-order valence-corrected chi connectivity index (χ3v) is 11.0. The number of benzene rings is 2. The monoisotopic (exact) mass is 490 g/mol. The molecule has 190 valence electrons. The van der Waals surface area contributed by atoms with Crippen LogP contribution in [0.4, 0.5) is 0 Å². The second kappa shape index (κ2) is 13.3. The second-order valence-corrected chi connectivity index (χ2v) is 14.8. The van der Waals surface area contributed by atoms with Crippen LogP contribution in [-0.4, -0.2) is 53.1 Å². The molecule has 0 aromatic heterocycles. The molecule has 0 saturated heterocycles. The van der Waals surface area contributed by atoms with Gasteiger partial charge in [0, 0.05) is 6.61 Å². The molecule has 2 aromatic rings. The average molecular weight is 491 g/mol. The van der Waals surface area contributed by atoms with Crippen molar-refractivity contribution in [1.29, 1.82) is 0 Å². The molecule has 0 bridgehead atoms. The van der Waals surface area contributed by atoms with E-state index in [0.29, 0.717) is 26.2 Å². The molecule has 0 spiro atoms. The highest BCUT2D eigenvalue weighted by molar-refractivity contribution is 6.74. The first kappa shape index (κ1) is 28.3. The van der Waals surface area contributed by atoms with Crippen molar-refractivity contribution in [3.8, 4) is 11.5 Å². The van der Waals surface area contributed by atoms with Gasteiger partial charge < -0.3 is 28.5 Å². The van der Waals surface area contributed by atoms with E-state index < -0.39 is 20.5 Å². The summed E-state index contributed by atoms with van der Waals surface area (Å²) in [4.78, 5) is 0. The molecule has 0 aliphatic carbocycles. The van der Waals surface area contributed by atoms with Crippen LogP contribution in [0.3, 0.4) is 0 Å². The Bertz CT molecular complexity index is 830. The SMILES string of the molecule is COc1ccc(COC[C@@H](O)[C@H](CCO[Si](C)(C)C(C)(C)C)OCc2ccc(OC)cc2)cc1. The second-order valence-electron chi connectivity index (χ2n) is 10.0. The summed E-state index contributed by atoms with van der Waals surface area (Å²) in [5, 5.41) is 11.0. The van der Waals surface area contributed by atoms with E-state index in [1.54, 1.807) is 14.2 Å². The standard InChI is InChI=1S/C27H42O6Si/c1-27(2,3)34(6,7)33-17-16-26(32-19-22-10-14-24(30-5)15-11-22)25(28)20-31-18-21-8-12-23(29-4)13-9-21/h8-15,25-26,28H,16-20H2,1-7H3/t25-,26+/m1/s1. The van der Waals surface area contributed by atoms with E-state index in [4.69, 9.17) is 23.4 Å². The molecule has 0 radical (unpaired) electrons. The zero-order valence-electron chi connectivity index (χ0n) is 21.8. The maximum Gasteiger partial charge on any atom is 0.191 e. The fourth-order valence-electron chi connectivity index (χ4n) is 3.09. The predicted octanol–water partition coefficient (Wildman–Crippen LogP) is 5.58. The summed E-state index contributed by atoms with van der Waals surface area (Å²) in [5.41, 5.74) is 2.03. The number of methoxy groups -OCH3 is 2. The summed E-state index contributed by atoms with van der Waals surface area (Å²) in [7, 11) is 1.41. The highest BCUT2D eigenvalue weighted by Crippen LogP contribution is 2.36. The summed E-state index contributed by atoms with van der Waals surface area (Å²) in [6.07, 6.45) is -0.572. The Morgan fingerprint density at radius 3 is 1.79 bits per heavy atom. The van der Waals surface area contributed by atoms with E-state index in [-0.39, 0.29) is 11.6 Å². The Labute approximate surface area is 206 Å². The molecule has 1 N–H and O–H groups in total. The van der Waals surface area contributed by atoms with Crippen molar-refractivity contribution in [3.05, 3.63) is 59.7 Å². The van der Waals surface area contributed by atoms with Crippen molar-refractivity contribution in [3.63, 3.8) is 0 Å². The van der Waals surface area contributed by atoms with Crippen molar-refractivity contribution in [2.24, 2.45) is 0 Å². The quantitative estimate of drug-likeness (QED) is 0.349. The molecule has 0 unspecified atom stereocenters. The van der Waals surface area contributed by atoms with Gasteiger partial charge in [0.15, 0.2) is 8.32 Å². The summed E-state index contributed by atoms with van der Waals surface area (Å²) < 4.78 is 28.7. The number of rotatable bonds is 14. The summed E-state index contributed by atoms with van der Waals surface area (Å²) in [5.74, 6) is 1.60. The van der Waals surface area contributed by atoms with Crippen LogP contribution in [0.5, 0.6) is 11.5 Å². The minimum Gasteiger partial charge on any atom is -0.497 e. The van der Waals surface area contributed by atoms with Gasteiger partial charge in [0.2, 0.25) is 0 Å². The fourth-order valence-corrected chi connectivity index (χ4v) is 4.15. The molecule has 34 heavy (non-hydrogen) atoms. The number of aliphatic hydroxyl groups excluding tert-OH is 1. The zero-order valence-corrected chi connectivity index (χ0v) is 22.8. The molecular formula is C27H42O6Si. The third kappa shape index (κ3) is 9.04. The molecule has 0 fully saturated rings. The van der Waals surface area contributed by atoms with Gasteiger partial charge in [-0.25, -0.2) is 0 Å². The maximum atomic E-state index is 10.9. The van der Waals surface area contributed by atoms with Crippen molar-refractivity contribution >= 4 is 8.32 Å². The van der Waals surface area contributed by atoms with Crippen molar-refractivity contribution in [2.45, 2.75) is 70.7 Å². The Morgan fingerprint density at radius 1 is 0.824 bits per heavy atom. The third-order valence-electron chi connectivity index (χ3n) is 6.44. The Kier molecular flexibility index (Phi) is 11.0. The molecule has 0 heterocycles. The smallest absolute Gasteiger partial charge is 0.191 e. The summed E-state index contributed by atoms with van der Waals surface area (Å²) >= 11 is 0. The minimum absolute atomic E-state index is 0.131. The van der Waals surface area contributed by atoms with E-state index in [1.807, 2.05) is 48.5 Å². The van der Waals surface area contributed by atoms with Crippen LogP contribution in [0.25, 0.3) is 0 Å². The van der Waals surface area contributed by atoms with E-state index in [2.05, 4.69) is 33.9 Å². The molecule has 0 aliphatic rings. The molecule has 7 heteroatoms. The van der Waals surface area contributed by atoms with Crippen molar-refractivity contribution in [1.82, 2.24) is 0 Å². The topological polar surface area (TPSA) is 66.4 Å². The van der Waals surface area contributed by atoms with Crippen LogP contribution in [0.15, 0.2) is 48.5 Å². The highest BCUT2D eigenvalue weighted by atomic mass is 28.4. The lowest BCUT2D eigenvalue weighted by Gasteiger charge is -2.36. The average Bonchev–Trinajstić information content (AvgIpc) is 2.81. The van der Waals surface area contributed by atoms with Crippen LogP contribution in [0.2, 0.25) is 18.1 Å². The minimum atomic E-state index is -1.87. The number of hydrogen-bond donors (Lipinski definition) is 1. The molecule has 0 amide bonds. The Morgan fingerprint density at radius 2 is 1.32 bits per heavy atom. The van der Waals surface area contributed by atoms with Gasteiger partial charge in [-0.2, -0.15) is 0 Å². The molecule has 0 saturated carbocycles. The lowest BCUT2D eigenvalue weighted by Crippen LogP contribution is -2.42. The van der Waals surface area contributed by atoms with Gasteiger partial charge >= 0.3 is 0 Å². The molecule has 2 aromatic carbocycles. The fraction of sp³-hybridized carbons (Fsp3) is 0.556. The van der Waals surface area contributed by atoms with Crippen LogP contribution in [0, 0.1) is 0 Å². The van der Waals surface area contributed by atoms with Gasteiger partial charge in [-0.05, 0) is 59.9 Å². The maximum absolute atomic E-state index is 10.9. The number of aliphatic hydroxyl groups is 1. The van der Waals surface area contributed by atoms with E-state index >= 15 is 0 Å². The van der Waals surface area contributed by atoms with E-state index in [0.717, 1.165) is 22.6 Å². The largest absolute Gasteiger partial charge is 0.497 e. The van der Waals surface area contributed by atoms with Crippen LogP contribution in [0.1, 0.15) is 38.3 Å². The first-order valence-electron chi connectivity index (χ1n) is 11.8. The molecule has 2 rings (SSSR count). The highest BCUT2D eigenvalue weighted by Gasteiger charge is 2.37. The number of ether oxygens (including phenoxy) is 4. The van der Waals surface area contributed by atoms with Crippen LogP contribution in [-0.2, 0) is 27.1 Å². The number of hydrogen-bond acceptors (Lipinski definition) is 6. The summed E-state index contributed by atoms with van der Waals surface area (Å²) in [6.45, 7) is 12.6. The van der Waals surface area contributed by atoms with Crippen LogP contribution < -0.4 is 9.47 Å². The normalized spacial score (nSPS) is 14.0. The predicted molar refractivity (Wildman–Crippen MR) is 138 cm³/mol. The van der Waals surface area contributed by atoms with Gasteiger partial charge in [-0.1, -0.05) is 45.0 Å². The molecule has 0 aliphatic heterocycles. The molecular weight excluding hydrogens is 448 g/mol. The van der Waals surface area contributed by atoms with E-state index in [1.165, 1.54) is 0 Å². The van der Waals surface area contributed by atoms with Gasteiger partial charge in [0.05, 0.1) is 40.1 Å². The lowest BCUT2D eigenvalue weighted by atomic mass is 10.1. The summed E-state index contributed by atoms with van der Waals surface area (Å²) in [6, 6.07) is 15.4. The van der Waals surface area contributed by atoms with E-state index in [9.17, 15) is 5.11 Å². The molecule has 2 atom stereocenters. The van der Waals surface area contributed by atoms with Gasteiger partial charge in [0.1, 0.15) is 17.6 Å². The Balaban J connectivity index is 1.94. The first-order valence-corrected chi connectivity index (χ1v) is 14.7. The van der Waals surface area contributed by atoms with Crippen molar-refractivity contribution < 1.29 is 28.5 Å². The lowest BCUT2D eigenvalue weighted by molar-refractivity contribution is -0.0871. The first-order chi connectivity index (χ1) is 16.1. The van der Waals surface area contributed by atoms with Gasteiger partial charge in [0.25, 0.3) is 0 Å². The zero-order chi connectivity index (χ0) is 25.2. The molecule has 6 nitrogen and oxygen atoms in total. The Hall–Kier alpha value is -1.90. The van der Waals surface area contributed by atoms with Crippen molar-refractivity contribution in [2.75, 3.05) is 27.4 Å². The van der Waals surface area contributed by atoms with Gasteiger partial charge in [-0.15, -0.1) is 0 Å².